The topological polar surface area (TPSA) is 63.2 Å². The minimum atomic E-state index is -0.576. The Morgan fingerprint density at radius 2 is 1.90 bits per heavy atom. The lowest BCUT2D eigenvalue weighted by atomic mass is 9.44. The van der Waals surface area contributed by atoms with Gasteiger partial charge in [-0.1, -0.05) is 23.2 Å². The second kappa shape index (κ2) is 7.00. The maximum Gasteiger partial charge on any atom is 0.258 e. The molecule has 8 heteroatoms. The van der Waals surface area contributed by atoms with Crippen LogP contribution in [-0.2, 0) is 4.79 Å². The summed E-state index contributed by atoms with van der Waals surface area (Å²) in [5, 5.41) is 8.38. The van der Waals surface area contributed by atoms with Crippen molar-refractivity contribution in [1.82, 2.24) is 10.3 Å². The average molecular weight is 446 g/mol. The fourth-order valence-corrected chi connectivity index (χ4v) is 4.90. The summed E-state index contributed by atoms with van der Waals surface area (Å²) in [4.78, 5) is 16.6. The molecule has 0 aliphatic heterocycles. The van der Waals surface area contributed by atoms with Crippen molar-refractivity contribution in [3.8, 4) is 5.75 Å². The van der Waals surface area contributed by atoms with E-state index in [4.69, 9.17) is 27.9 Å². The van der Waals surface area contributed by atoms with Gasteiger partial charge in [-0.05, 0) is 55.7 Å². The summed E-state index contributed by atoms with van der Waals surface area (Å²) < 4.78 is 18.8. The van der Waals surface area contributed by atoms with Crippen molar-refractivity contribution in [2.45, 2.75) is 30.3 Å². The fourth-order valence-electron chi connectivity index (χ4n) is 4.62. The number of amides is 1. The van der Waals surface area contributed by atoms with E-state index in [-0.39, 0.29) is 34.4 Å². The van der Waals surface area contributed by atoms with Gasteiger partial charge in [0.05, 0.1) is 10.5 Å². The van der Waals surface area contributed by atoms with Gasteiger partial charge < -0.3 is 15.4 Å². The molecule has 2 aromatic carbocycles. The van der Waals surface area contributed by atoms with Gasteiger partial charge in [-0.25, -0.2) is 4.39 Å². The number of halogens is 3. The Kier molecular flexibility index (Phi) is 4.52. The molecule has 2 N–H and O–H groups in total. The summed E-state index contributed by atoms with van der Waals surface area (Å²) in [5.41, 5.74) is 1.66. The van der Waals surface area contributed by atoms with Crippen LogP contribution in [-0.4, -0.2) is 28.6 Å². The number of carbonyl (C=O) groups is 1. The third kappa shape index (κ3) is 3.44. The van der Waals surface area contributed by atoms with Crippen LogP contribution in [0, 0.1) is 5.82 Å². The van der Waals surface area contributed by atoms with E-state index in [1.54, 1.807) is 6.20 Å². The first-order valence-electron chi connectivity index (χ1n) is 9.57. The third-order valence-electron chi connectivity index (χ3n) is 5.80. The van der Waals surface area contributed by atoms with Crippen LogP contribution in [0.5, 0.6) is 5.75 Å². The zero-order valence-corrected chi connectivity index (χ0v) is 17.4. The molecule has 3 saturated carbocycles. The number of hydrogen-bond acceptors (Lipinski definition) is 4. The Bertz CT molecular complexity index is 1150. The summed E-state index contributed by atoms with van der Waals surface area (Å²) >= 11 is 11.7. The van der Waals surface area contributed by atoms with Gasteiger partial charge in [0, 0.05) is 39.4 Å². The molecule has 0 spiro atoms. The predicted molar refractivity (Wildman–Crippen MR) is 115 cm³/mol. The van der Waals surface area contributed by atoms with Crippen LogP contribution in [0.4, 0.5) is 10.1 Å². The molecule has 5 nitrogen and oxygen atoms in total. The Hall–Kier alpha value is -2.57. The van der Waals surface area contributed by atoms with Crippen LogP contribution < -0.4 is 15.4 Å². The van der Waals surface area contributed by atoms with Crippen LogP contribution in [0.2, 0.25) is 10.0 Å². The molecule has 154 valence electrons. The van der Waals surface area contributed by atoms with Crippen molar-refractivity contribution < 1.29 is 13.9 Å². The van der Waals surface area contributed by atoms with Gasteiger partial charge in [0.1, 0.15) is 11.6 Å². The van der Waals surface area contributed by atoms with E-state index < -0.39 is 5.82 Å². The lowest BCUT2D eigenvalue weighted by Crippen LogP contribution is -2.81. The molecule has 3 fully saturated rings. The van der Waals surface area contributed by atoms with E-state index in [0.29, 0.717) is 5.02 Å². The Balaban J connectivity index is 1.16. The summed E-state index contributed by atoms with van der Waals surface area (Å²) in [6.45, 7) is -0.168. The summed E-state index contributed by atoms with van der Waals surface area (Å²) in [5.74, 6) is -0.525. The highest BCUT2D eigenvalue weighted by molar-refractivity contribution is 6.31. The first-order valence-corrected chi connectivity index (χ1v) is 10.3. The Morgan fingerprint density at radius 1 is 1.10 bits per heavy atom. The SMILES string of the molecule is O=C(COc1ccc(Cl)c(F)c1)NC12CC(Nc3ccnc4cc(Cl)ccc34)(C1)C2. The molecule has 30 heavy (non-hydrogen) atoms. The minimum Gasteiger partial charge on any atom is -0.484 e. The standard InChI is InChI=1S/C22H18Cl2FN3O2/c23-13-1-3-15-18(5-6-26-19(15)7-13)27-21-10-22(11-21,12-21)28-20(29)9-30-14-2-4-16(24)17(25)8-14/h1-8H,9-12H2,(H,26,27)(H,28,29). The normalized spacial score (nSPS) is 24.0. The molecule has 1 heterocycles. The summed E-state index contributed by atoms with van der Waals surface area (Å²) in [6, 6.07) is 11.7. The molecule has 3 aliphatic carbocycles. The van der Waals surface area contributed by atoms with Gasteiger partial charge in [-0.15, -0.1) is 0 Å². The highest BCUT2D eigenvalue weighted by Gasteiger charge is 2.68. The Labute approximate surface area is 182 Å². The van der Waals surface area contributed by atoms with Gasteiger partial charge in [-0.2, -0.15) is 0 Å². The van der Waals surface area contributed by atoms with Crippen molar-refractivity contribution >= 4 is 45.7 Å². The first kappa shape index (κ1) is 19.4. The smallest absolute Gasteiger partial charge is 0.258 e. The zero-order chi connectivity index (χ0) is 20.9. The van der Waals surface area contributed by atoms with Crippen molar-refractivity contribution in [1.29, 1.82) is 0 Å². The van der Waals surface area contributed by atoms with E-state index in [1.165, 1.54) is 18.2 Å². The molecule has 6 rings (SSSR count). The molecule has 2 bridgehead atoms. The molecule has 0 atom stereocenters. The summed E-state index contributed by atoms with van der Waals surface area (Å²) in [6.07, 6.45) is 4.30. The highest BCUT2D eigenvalue weighted by atomic mass is 35.5. The van der Waals surface area contributed by atoms with Crippen molar-refractivity contribution in [3.63, 3.8) is 0 Å². The molecule has 1 aromatic heterocycles. The molecule has 0 unspecified atom stereocenters. The van der Waals surface area contributed by atoms with Gasteiger partial charge in [0.15, 0.2) is 6.61 Å². The second-order valence-corrected chi connectivity index (χ2v) is 8.99. The number of pyridine rings is 1. The Morgan fingerprint density at radius 3 is 2.67 bits per heavy atom. The number of nitrogens with zero attached hydrogens (tertiary/aromatic N) is 1. The minimum absolute atomic E-state index is 0.0125. The van der Waals surface area contributed by atoms with E-state index in [9.17, 15) is 9.18 Å². The predicted octanol–water partition coefficient (Wildman–Crippen LogP) is 4.96. The molecular weight excluding hydrogens is 428 g/mol. The lowest BCUT2D eigenvalue weighted by molar-refractivity contribution is -0.135. The van der Waals surface area contributed by atoms with E-state index in [1.807, 2.05) is 24.3 Å². The number of aromatic nitrogens is 1. The molecule has 1 amide bonds. The number of fused-ring (bicyclic) bond motifs is 1. The van der Waals surface area contributed by atoms with E-state index >= 15 is 0 Å². The van der Waals surface area contributed by atoms with Crippen LogP contribution >= 0.6 is 23.2 Å². The second-order valence-electron chi connectivity index (χ2n) is 8.15. The number of nitrogens with one attached hydrogen (secondary N) is 2. The maximum absolute atomic E-state index is 13.5. The van der Waals surface area contributed by atoms with Crippen LogP contribution in [0.1, 0.15) is 19.3 Å². The van der Waals surface area contributed by atoms with Gasteiger partial charge >= 0.3 is 0 Å². The molecule has 0 radical (unpaired) electrons. The van der Waals surface area contributed by atoms with Crippen LogP contribution in [0.15, 0.2) is 48.7 Å². The van der Waals surface area contributed by atoms with Crippen molar-refractivity contribution in [3.05, 3.63) is 64.5 Å². The van der Waals surface area contributed by atoms with E-state index in [0.717, 1.165) is 35.9 Å². The largest absolute Gasteiger partial charge is 0.484 e. The van der Waals surface area contributed by atoms with E-state index in [2.05, 4.69) is 15.6 Å². The number of ether oxygens (including phenoxy) is 1. The van der Waals surface area contributed by atoms with Gasteiger partial charge in [-0.3, -0.25) is 9.78 Å². The highest BCUT2D eigenvalue weighted by Crippen LogP contribution is 2.62. The molecule has 3 aromatic rings. The maximum atomic E-state index is 13.5. The summed E-state index contributed by atoms with van der Waals surface area (Å²) in [7, 11) is 0. The van der Waals surface area contributed by atoms with Crippen LogP contribution in [0.3, 0.4) is 0 Å². The van der Waals surface area contributed by atoms with Crippen molar-refractivity contribution in [2.24, 2.45) is 0 Å². The third-order valence-corrected chi connectivity index (χ3v) is 6.34. The number of benzene rings is 2. The number of rotatable bonds is 6. The fraction of sp³-hybridized carbons (Fsp3) is 0.273. The zero-order valence-electron chi connectivity index (χ0n) is 15.8. The first-order chi connectivity index (χ1) is 14.4. The van der Waals surface area contributed by atoms with Crippen molar-refractivity contribution in [2.75, 3.05) is 11.9 Å². The van der Waals surface area contributed by atoms with Gasteiger partial charge in [0.2, 0.25) is 0 Å². The molecule has 0 saturated heterocycles. The quantitative estimate of drug-likeness (QED) is 0.562. The molecular formula is C22H18Cl2FN3O2. The average Bonchev–Trinajstić information content (AvgIpc) is 2.66. The number of anilines is 1. The van der Waals surface area contributed by atoms with Crippen LogP contribution in [0.25, 0.3) is 10.9 Å². The number of carbonyl (C=O) groups excluding carboxylic acids is 1. The number of hydrogen-bond donors (Lipinski definition) is 2. The van der Waals surface area contributed by atoms with Gasteiger partial charge in [0.25, 0.3) is 5.91 Å². The molecule has 3 aliphatic rings. The monoisotopic (exact) mass is 445 g/mol. The lowest BCUT2D eigenvalue weighted by Gasteiger charge is -2.70.